The number of nitrogens with two attached hydrogens (primary N) is 1. The molecule has 146 valence electrons. The van der Waals surface area contributed by atoms with Gasteiger partial charge in [-0.2, -0.15) is 0 Å². The van der Waals surface area contributed by atoms with E-state index < -0.39 is 30.6 Å². The van der Waals surface area contributed by atoms with Crippen LogP contribution in [-0.2, 0) is 19.1 Å². The van der Waals surface area contributed by atoms with Crippen LogP contribution in [0.1, 0.15) is 17.0 Å². The van der Waals surface area contributed by atoms with Gasteiger partial charge in [0, 0.05) is 5.92 Å². The maximum absolute atomic E-state index is 12.1. The molecule has 4 N–H and O–H groups in total. The highest BCUT2D eigenvalue weighted by molar-refractivity contribution is 5.84. The predicted octanol–water partition coefficient (Wildman–Crippen LogP) is 1.48. The van der Waals surface area contributed by atoms with Crippen LogP contribution >= 0.6 is 0 Å². The third-order valence-corrected chi connectivity index (χ3v) is 4.49. The summed E-state index contributed by atoms with van der Waals surface area (Å²) in [7, 11) is 0. The molecule has 1 aliphatic carbocycles. The number of carboxylic acids is 1. The van der Waals surface area contributed by atoms with Gasteiger partial charge in [0.1, 0.15) is 19.3 Å². The molecule has 8 heteroatoms. The second-order valence-electron chi connectivity index (χ2n) is 6.33. The summed E-state index contributed by atoms with van der Waals surface area (Å²) < 4.78 is 10.1. The summed E-state index contributed by atoms with van der Waals surface area (Å²) in [5, 5.41) is 10.9. The van der Waals surface area contributed by atoms with Crippen molar-refractivity contribution in [1.29, 1.82) is 0 Å². The van der Waals surface area contributed by atoms with E-state index >= 15 is 0 Å². The highest BCUT2D eigenvalue weighted by Crippen LogP contribution is 2.44. The number of alkyl carbamates (subject to hydrolysis) is 1. The molecule has 28 heavy (non-hydrogen) atoms. The molecule has 0 spiro atoms. The van der Waals surface area contributed by atoms with Crippen molar-refractivity contribution >= 4 is 18.0 Å². The molecule has 0 heterocycles. The van der Waals surface area contributed by atoms with Gasteiger partial charge in [0.15, 0.2) is 0 Å². The van der Waals surface area contributed by atoms with E-state index in [4.69, 9.17) is 20.3 Å². The third kappa shape index (κ3) is 4.29. The number of aliphatic carboxylic acids is 1. The first kappa shape index (κ1) is 19.4. The fraction of sp³-hybridized carbons (Fsp3) is 0.250. The average molecular weight is 384 g/mol. The van der Waals surface area contributed by atoms with E-state index in [0.29, 0.717) is 0 Å². The molecule has 0 radical (unpaired) electrons. The number of amides is 2. The SMILES string of the molecule is NC(=O)C(COCC(=O)O)NC(=O)OCC1c2ccccc2-c2ccccc21. The second-order valence-corrected chi connectivity index (χ2v) is 6.33. The number of benzene rings is 2. The molecule has 1 aliphatic rings. The fourth-order valence-electron chi connectivity index (χ4n) is 3.24. The van der Waals surface area contributed by atoms with Crippen LogP contribution in [0.3, 0.4) is 0 Å². The Morgan fingerprint density at radius 2 is 1.61 bits per heavy atom. The van der Waals surface area contributed by atoms with Gasteiger partial charge >= 0.3 is 12.1 Å². The Bertz CT molecular complexity index is 852. The number of primary amides is 1. The largest absolute Gasteiger partial charge is 0.480 e. The van der Waals surface area contributed by atoms with Crippen LogP contribution in [0.2, 0.25) is 0 Å². The van der Waals surface area contributed by atoms with Gasteiger partial charge in [0.2, 0.25) is 5.91 Å². The highest BCUT2D eigenvalue weighted by atomic mass is 16.5. The van der Waals surface area contributed by atoms with Gasteiger partial charge in [-0.15, -0.1) is 0 Å². The molecule has 1 unspecified atom stereocenters. The summed E-state index contributed by atoms with van der Waals surface area (Å²) in [5.74, 6) is -2.16. The second kappa shape index (κ2) is 8.53. The van der Waals surface area contributed by atoms with E-state index in [0.717, 1.165) is 22.3 Å². The van der Waals surface area contributed by atoms with Crippen molar-refractivity contribution in [3.63, 3.8) is 0 Å². The molecule has 2 amide bonds. The number of carbonyl (C=O) groups is 3. The Balaban J connectivity index is 1.62. The summed E-state index contributed by atoms with van der Waals surface area (Å²) in [6.45, 7) is -0.872. The topological polar surface area (TPSA) is 128 Å². The lowest BCUT2D eigenvalue weighted by molar-refractivity contribution is -0.143. The number of hydrogen-bond acceptors (Lipinski definition) is 5. The van der Waals surface area contributed by atoms with Crippen molar-refractivity contribution in [2.24, 2.45) is 5.73 Å². The highest BCUT2D eigenvalue weighted by Gasteiger charge is 2.29. The average Bonchev–Trinajstić information content (AvgIpc) is 2.99. The molecule has 2 aromatic carbocycles. The van der Waals surface area contributed by atoms with E-state index in [1.807, 2.05) is 48.5 Å². The normalized spacial score (nSPS) is 13.3. The standard InChI is InChI=1S/C20H20N2O6/c21-19(25)17(10-27-11-18(23)24)22-20(26)28-9-16-14-7-3-1-5-12(14)13-6-2-4-8-15(13)16/h1-8,16-17H,9-11H2,(H2,21,25)(H,22,26)(H,23,24). The summed E-state index contributed by atoms with van der Waals surface area (Å²) in [5.41, 5.74) is 9.54. The number of carboxylic acid groups (broad SMARTS) is 1. The molecular formula is C20H20N2O6. The van der Waals surface area contributed by atoms with E-state index in [-0.39, 0.29) is 19.1 Å². The van der Waals surface area contributed by atoms with Crippen molar-refractivity contribution in [3.8, 4) is 11.1 Å². The molecule has 0 saturated carbocycles. The lowest BCUT2D eigenvalue weighted by atomic mass is 9.98. The van der Waals surface area contributed by atoms with Gasteiger partial charge in [0.25, 0.3) is 0 Å². The van der Waals surface area contributed by atoms with Gasteiger partial charge in [-0.3, -0.25) is 4.79 Å². The summed E-state index contributed by atoms with van der Waals surface area (Å²) in [6, 6.07) is 14.6. The molecule has 0 aliphatic heterocycles. The molecular weight excluding hydrogens is 364 g/mol. The van der Waals surface area contributed by atoms with Gasteiger partial charge in [-0.25, -0.2) is 9.59 Å². The maximum atomic E-state index is 12.1. The monoisotopic (exact) mass is 384 g/mol. The van der Waals surface area contributed by atoms with Crippen LogP contribution in [0.5, 0.6) is 0 Å². The van der Waals surface area contributed by atoms with E-state index in [1.165, 1.54) is 0 Å². The molecule has 3 rings (SSSR count). The Hall–Kier alpha value is -3.39. The Labute approximate surface area is 161 Å². The Morgan fingerprint density at radius 1 is 1.04 bits per heavy atom. The molecule has 0 fully saturated rings. The minimum Gasteiger partial charge on any atom is -0.480 e. The quantitative estimate of drug-likeness (QED) is 0.632. The predicted molar refractivity (Wildman–Crippen MR) is 99.6 cm³/mol. The van der Waals surface area contributed by atoms with Gasteiger partial charge in [-0.1, -0.05) is 48.5 Å². The van der Waals surface area contributed by atoms with Crippen LogP contribution in [-0.4, -0.2) is 48.9 Å². The number of carbonyl (C=O) groups excluding carboxylic acids is 2. The van der Waals surface area contributed by atoms with Gasteiger partial charge in [-0.05, 0) is 22.3 Å². The molecule has 2 aromatic rings. The first-order chi connectivity index (χ1) is 13.5. The van der Waals surface area contributed by atoms with E-state index in [2.05, 4.69) is 5.32 Å². The van der Waals surface area contributed by atoms with Crippen molar-refractivity contribution in [3.05, 3.63) is 59.7 Å². The van der Waals surface area contributed by atoms with Crippen LogP contribution < -0.4 is 11.1 Å². The van der Waals surface area contributed by atoms with Crippen LogP contribution in [0.15, 0.2) is 48.5 Å². The van der Waals surface area contributed by atoms with Crippen molar-refractivity contribution in [2.75, 3.05) is 19.8 Å². The fourth-order valence-corrected chi connectivity index (χ4v) is 3.24. The van der Waals surface area contributed by atoms with Gasteiger partial charge in [0.05, 0.1) is 6.61 Å². The zero-order valence-corrected chi connectivity index (χ0v) is 15.0. The lowest BCUT2D eigenvalue weighted by Crippen LogP contribution is -2.48. The van der Waals surface area contributed by atoms with Crippen molar-refractivity contribution < 1.29 is 29.0 Å². The smallest absolute Gasteiger partial charge is 0.407 e. The van der Waals surface area contributed by atoms with Crippen LogP contribution in [0, 0.1) is 0 Å². The Kier molecular flexibility index (Phi) is 5.90. The van der Waals surface area contributed by atoms with Gasteiger partial charge < -0.3 is 25.6 Å². The minimum atomic E-state index is -1.19. The third-order valence-electron chi connectivity index (χ3n) is 4.49. The zero-order chi connectivity index (χ0) is 20.1. The molecule has 0 saturated heterocycles. The lowest BCUT2D eigenvalue weighted by Gasteiger charge is -2.17. The summed E-state index contributed by atoms with van der Waals surface area (Å²) in [6.07, 6.45) is -0.829. The molecule has 0 aromatic heterocycles. The number of hydrogen-bond donors (Lipinski definition) is 3. The summed E-state index contributed by atoms with van der Waals surface area (Å²) in [4.78, 5) is 34.0. The van der Waals surface area contributed by atoms with Crippen LogP contribution in [0.4, 0.5) is 4.79 Å². The van der Waals surface area contributed by atoms with Crippen LogP contribution in [0.25, 0.3) is 11.1 Å². The first-order valence-electron chi connectivity index (χ1n) is 8.67. The number of rotatable bonds is 8. The number of fused-ring (bicyclic) bond motifs is 3. The van der Waals surface area contributed by atoms with E-state index in [9.17, 15) is 14.4 Å². The van der Waals surface area contributed by atoms with Crippen molar-refractivity contribution in [1.82, 2.24) is 5.32 Å². The Morgan fingerprint density at radius 3 is 2.14 bits per heavy atom. The number of nitrogens with one attached hydrogen (secondary N) is 1. The first-order valence-corrected chi connectivity index (χ1v) is 8.67. The minimum absolute atomic E-state index is 0.0846. The van der Waals surface area contributed by atoms with E-state index in [1.54, 1.807) is 0 Å². The maximum Gasteiger partial charge on any atom is 0.407 e. The number of ether oxygens (including phenoxy) is 2. The molecule has 8 nitrogen and oxygen atoms in total. The zero-order valence-electron chi connectivity index (χ0n) is 15.0. The molecule has 0 bridgehead atoms. The molecule has 1 atom stereocenters. The van der Waals surface area contributed by atoms with Crippen molar-refractivity contribution in [2.45, 2.75) is 12.0 Å². The summed E-state index contributed by atoms with van der Waals surface area (Å²) >= 11 is 0.